The van der Waals surface area contributed by atoms with E-state index in [0.717, 1.165) is 32.6 Å². The molecule has 0 bridgehead atoms. The quantitative estimate of drug-likeness (QED) is 0.525. The van der Waals surface area contributed by atoms with Crippen molar-refractivity contribution < 1.29 is 9.53 Å². The Bertz CT molecular complexity index is 1020. The van der Waals surface area contributed by atoms with Gasteiger partial charge in [-0.15, -0.1) is 0 Å². The van der Waals surface area contributed by atoms with E-state index in [0.29, 0.717) is 12.8 Å². The van der Waals surface area contributed by atoms with Gasteiger partial charge < -0.3 is 4.74 Å². The lowest BCUT2D eigenvalue weighted by atomic mass is 9.98. The molecule has 0 aliphatic carbocycles. The van der Waals surface area contributed by atoms with Crippen LogP contribution in [-0.2, 0) is 11.2 Å². The van der Waals surface area contributed by atoms with E-state index in [1.165, 1.54) is 0 Å². The highest BCUT2D eigenvalue weighted by Gasteiger charge is 2.33. The lowest BCUT2D eigenvalue weighted by Gasteiger charge is -2.22. The van der Waals surface area contributed by atoms with Crippen LogP contribution in [0.2, 0.25) is 0 Å². The number of methoxy groups -OCH3 is 1. The van der Waals surface area contributed by atoms with Crippen LogP contribution in [0.5, 0.6) is 5.75 Å². The molecule has 0 radical (unpaired) electrons. The first kappa shape index (κ1) is 19.4. The van der Waals surface area contributed by atoms with Crippen LogP contribution in [0.1, 0.15) is 29.2 Å². The number of nitrogens with zero attached hydrogens (tertiary/aromatic N) is 2. The molecule has 0 fully saturated rings. The van der Waals surface area contributed by atoms with E-state index in [1.807, 2.05) is 78.9 Å². The summed E-state index contributed by atoms with van der Waals surface area (Å²) in [5.41, 5.74) is 3.97. The van der Waals surface area contributed by atoms with Crippen LogP contribution in [0.4, 0.5) is 0 Å². The summed E-state index contributed by atoms with van der Waals surface area (Å²) < 4.78 is 6.29. The third-order valence-corrected chi connectivity index (χ3v) is 5.57. The predicted molar refractivity (Wildman–Crippen MR) is 118 cm³/mol. The zero-order valence-electron chi connectivity index (χ0n) is 16.1. The van der Waals surface area contributed by atoms with Gasteiger partial charge in [-0.2, -0.15) is 5.10 Å². The molecule has 1 aliphatic rings. The number of hydrogen-bond donors (Lipinski definition) is 0. The van der Waals surface area contributed by atoms with Crippen LogP contribution in [0.3, 0.4) is 0 Å². The Morgan fingerprint density at radius 3 is 2.38 bits per heavy atom. The summed E-state index contributed by atoms with van der Waals surface area (Å²) in [5, 5.41) is 6.38. The molecule has 0 spiro atoms. The number of hydrazone groups is 1. The minimum atomic E-state index is -0.129. The topological polar surface area (TPSA) is 41.9 Å². The van der Waals surface area contributed by atoms with Crippen molar-refractivity contribution in [3.63, 3.8) is 0 Å². The maximum atomic E-state index is 13.1. The van der Waals surface area contributed by atoms with Gasteiger partial charge in [-0.3, -0.25) is 4.79 Å². The molecule has 4 rings (SSSR count). The molecule has 0 N–H and O–H groups in total. The van der Waals surface area contributed by atoms with Crippen molar-refractivity contribution in [3.8, 4) is 5.75 Å². The number of benzene rings is 3. The zero-order chi connectivity index (χ0) is 20.2. The van der Waals surface area contributed by atoms with Crippen molar-refractivity contribution >= 4 is 27.5 Å². The SMILES string of the molecule is COc1ccc([C@H]2CC(c3ccc(Br)cc3)=NN2C(=O)Cc2ccccc2)cc1. The largest absolute Gasteiger partial charge is 0.497 e. The minimum absolute atomic E-state index is 0.0101. The molecule has 146 valence electrons. The van der Waals surface area contributed by atoms with Crippen molar-refractivity contribution in [1.82, 2.24) is 5.01 Å². The molecule has 0 aromatic heterocycles. The molecule has 4 nitrogen and oxygen atoms in total. The van der Waals surface area contributed by atoms with Crippen LogP contribution >= 0.6 is 15.9 Å². The van der Waals surface area contributed by atoms with Crippen molar-refractivity contribution in [1.29, 1.82) is 0 Å². The Balaban J connectivity index is 1.64. The normalized spacial score (nSPS) is 15.9. The average Bonchev–Trinajstić information content (AvgIpc) is 3.21. The van der Waals surface area contributed by atoms with Gasteiger partial charge in [-0.25, -0.2) is 5.01 Å². The molecule has 1 aliphatic heterocycles. The van der Waals surface area contributed by atoms with Gasteiger partial charge in [0.05, 0.1) is 25.3 Å². The fraction of sp³-hybridized carbons (Fsp3) is 0.167. The lowest BCUT2D eigenvalue weighted by molar-refractivity contribution is -0.132. The van der Waals surface area contributed by atoms with Gasteiger partial charge in [0.15, 0.2) is 0 Å². The highest BCUT2D eigenvalue weighted by Crippen LogP contribution is 2.34. The van der Waals surface area contributed by atoms with Gasteiger partial charge in [-0.05, 0) is 41.0 Å². The molecule has 1 atom stereocenters. The second-order valence-electron chi connectivity index (χ2n) is 6.95. The fourth-order valence-electron chi connectivity index (χ4n) is 3.49. The van der Waals surface area contributed by atoms with E-state index >= 15 is 0 Å². The zero-order valence-corrected chi connectivity index (χ0v) is 17.7. The van der Waals surface area contributed by atoms with E-state index in [-0.39, 0.29) is 11.9 Å². The summed E-state index contributed by atoms with van der Waals surface area (Å²) in [6, 6.07) is 25.6. The summed E-state index contributed by atoms with van der Waals surface area (Å²) in [6.45, 7) is 0. The summed E-state index contributed by atoms with van der Waals surface area (Å²) in [6.07, 6.45) is 0.999. The predicted octanol–water partition coefficient (Wildman–Crippen LogP) is 5.38. The van der Waals surface area contributed by atoms with Gasteiger partial charge in [0.2, 0.25) is 5.91 Å². The van der Waals surface area contributed by atoms with Crippen molar-refractivity contribution in [2.45, 2.75) is 18.9 Å². The number of halogens is 1. The number of ether oxygens (including phenoxy) is 1. The maximum Gasteiger partial charge on any atom is 0.247 e. The third kappa shape index (κ3) is 4.40. The van der Waals surface area contributed by atoms with E-state index in [9.17, 15) is 4.79 Å². The number of carbonyl (C=O) groups is 1. The third-order valence-electron chi connectivity index (χ3n) is 5.04. The average molecular weight is 449 g/mol. The van der Waals surface area contributed by atoms with Crippen LogP contribution in [0.25, 0.3) is 0 Å². The molecule has 29 heavy (non-hydrogen) atoms. The second kappa shape index (κ2) is 8.62. The Hall–Kier alpha value is -2.92. The highest BCUT2D eigenvalue weighted by atomic mass is 79.9. The number of amides is 1. The second-order valence-corrected chi connectivity index (χ2v) is 7.86. The van der Waals surface area contributed by atoms with Crippen molar-refractivity contribution in [2.24, 2.45) is 5.10 Å². The van der Waals surface area contributed by atoms with Gasteiger partial charge in [0, 0.05) is 10.9 Å². The molecule has 3 aromatic rings. The van der Waals surface area contributed by atoms with Crippen LogP contribution in [0, 0.1) is 0 Å². The minimum Gasteiger partial charge on any atom is -0.497 e. The first-order valence-electron chi connectivity index (χ1n) is 9.47. The Labute approximate surface area is 178 Å². The van der Waals surface area contributed by atoms with Crippen LogP contribution in [0.15, 0.2) is 88.4 Å². The van der Waals surface area contributed by atoms with Crippen LogP contribution < -0.4 is 4.74 Å². The summed E-state index contributed by atoms with van der Waals surface area (Å²) >= 11 is 3.47. The number of rotatable bonds is 5. The first-order valence-corrected chi connectivity index (χ1v) is 10.3. The van der Waals surface area contributed by atoms with Gasteiger partial charge in [0.1, 0.15) is 5.75 Å². The lowest BCUT2D eigenvalue weighted by Crippen LogP contribution is -2.28. The summed E-state index contributed by atoms with van der Waals surface area (Å²) in [4.78, 5) is 13.1. The van der Waals surface area contributed by atoms with Crippen molar-refractivity contribution in [2.75, 3.05) is 7.11 Å². The Kier molecular flexibility index (Phi) is 5.76. The molecule has 1 heterocycles. The molecule has 0 unspecified atom stereocenters. The Morgan fingerprint density at radius 2 is 1.72 bits per heavy atom. The molecular formula is C24H21BrN2O2. The molecule has 0 saturated heterocycles. The molecule has 1 amide bonds. The molecule has 5 heteroatoms. The monoisotopic (exact) mass is 448 g/mol. The van der Waals surface area contributed by atoms with Gasteiger partial charge in [0.25, 0.3) is 0 Å². The van der Waals surface area contributed by atoms with E-state index in [1.54, 1.807) is 12.1 Å². The van der Waals surface area contributed by atoms with E-state index < -0.39 is 0 Å². The van der Waals surface area contributed by atoms with E-state index in [4.69, 9.17) is 9.84 Å². The molecular weight excluding hydrogens is 428 g/mol. The first-order chi connectivity index (χ1) is 14.1. The van der Waals surface area contributed by atoms with Gasteiger partial charge in [-0.1, -0.05) is 70.5 Å². The summed E-state index contributed by atoms with van der Waals surface area (Å²) in [5.74, 6) is 0.784. The standard InChI is InChI=1S/C24H21BrN2O2/c1-29-21-13-9-19(10-14-21)23-16-22(18-7-11-20(25)12-8-18)26-27(23)24(28)15-17-5-3-2-4-6-17/h2-14,23H,15-16H2,1H3/t23-/m1/s1. The van der Waals surface area contributed by atoms with E-state index in [2.05, 4.69) is 15.9 Å². The Morgan fingerprint density at radius 1 is 1.03 bits per heavy atom. The van der Waals surface area contributed by atoms with Crippen LogP contribution in [-0.4, -0.2) is 23.7 Å². The molecule has 3 aromatic carbocycles. The molecule has 0 saturated carbocycles. The maximum absolute atomic E-state index is 13.1. The summed E-state index contributed by atoms with van der Waals surface area (Å²) in [7, 11) is 1.65. The highest BCUT2D eigenvalue weighted by molar-refractivity contribution is 9.10. The number of hydrogen-bond acceptors (Lipinski definition) is 3. The number of carbonyl (C=O) groups excluding carboxylic acids is 1. The van der Waals surface area contributed by atoms with Gasteiger partial charge >= 0.3 is 0 Å². The fourth-order valence-corrected chi connectivity index (χ4v) is 3.76. The smallest absolute Gasteiger partial charge is 0.247 e. The van der Waals surface area contributed by atoms with Crippen molar-refractivity contribution in [3.05, 3.63) is 100 Å².